The van der Waals surface area contributed by atoms with E-state index in [1.54, 1.807) is 0 Å². The number of nitrogens with one attached hydrogen (secondary N) is 1. The van der Waals surface area contributed by atoms with Gasteiger partial charge in [-0.1, -0.05) is 26.7 Å². The Morgan fingerprint density at radius 2 is 2.00 bits per heavy atom. The van der Waals surface area contributed by atoms with Crippen LogP contribution in [0, 0.1) is 17.2 Å². The largest absolute Gasteiger partial charge is 0.398 e. The number of nitrogen functional groups attached to an aromatic ring is 1. The van der Waals surface area contributed by atoms with Gasteiger partial charge < -0.3 is 11.1 Å². The average molecular weight is 245 g/mol. The van der Waals surface area contributed by atoms with E-state index in [9.17, 15) is 0 Å². The average Bonchev–Trinajstić information content (AvgIpc) is 2.35. The van der Waals surface area contributed by atoms with Gasteiger partial charge in [0.05, 0.1) is 12.5 Å². The zero-order valence-electron chi connectivity index (χ0n) is 11.5. The SMILES string of the molecule is CCC(CC)C(C)Nc1ccc(N)c(CC#N)c1. The molecule has 18 heavy (non-hydrogen) atoms. The maximum absolute atomic E-state index is 8.76. The van der Waals surface area contributed by atoms with Crippen LogP contribution in [0.1, 0.15) is 39.2 Å². The third-order valence-corrected chi connectivity index (χ3v) is 3.56. The summed E-state index contributed by atoms with van der Waals surface area (Å²) < 4.78 is 0. The highest BCUT2D eigenvalue weighted by Crippen LogP contribution is 2.22. The molecular weight excluding hydrogens is 222 g/mol. The van der Waals surface area contributed by atoms with Gasteiger partial charge in [0, 0.05) is 17.4 Å². The van der Waals surface area contributed by atoms with E-state index in [-0.39, 0.29) is 0 Å². The molecule has 3 heteroatoms. The molecule has 1 aromatic carbocycles. The van der Waals surface area contributed by atoms with Gasteiger partial charge in [-0.2, -0.15) is 5.26 Å². The van der Waals surface area contributed by atoms with Crippen molar-refractivity contribution in [3.05, 3.63) is 23.8 Å². The molecular formula is C15H23N3. The fourth-order valence-electron chi connectivity index (χ4n) is 2.31. The Labute approximate surface area is 110 Å². The second-order valence-electron chi connectivity index (χ2n) is 4.76. The molecule has 1 unspecified atom stereocenters. The summed E-state index contributed by atoms with van der Waals surface area (Å²) in [5.41, 5.74) is 8.48. The molecule has 0 spiro atoms. The van der Waals surface area contributed by atoms with Crippen LogP contribution in [0.5, 0.6) is 0 Å². The molecule has 0 aliphatic heterocycles. The minimum atomic E-state index is 0.362. The van der Waals surface area contributed by atoms with Gasteiger partial charge in [0.2, 0.25) is 0 Å². The van der Waals surface area contributed by atoms with E-state index in [1.165, 1.54) is 12.8 Å². The van der Waals surface area contributed by atoms with Crippen molar-refractivity contribution in [1.29, 1.82) is 5.26 Å². The van der Waals surface area contributed by atoms with E-state index in [0.717, 1.165) is 11.3 Å². The van der Waals surface area contributed by atoms with Gasteiger partial charge in [-0.15, -0.1) is 0 Å². The molecule has 0 heterocycles. The zero-order valence-corrected chi connectivity index (χ0v) is 11.5. The second kappa shape index (κ2) is 6.90. The Bertz CT molecular complexity index is 416. The van der Waals surface area contributed by atoms with Gasteiger partial charge in [-0.25, -0.2) is 0 Å². The lowest BCUT2D eigenvalue weighted by Gasteiger charge is -2.24. The molecule has 0 bridgehead atoms. The normalized spacial score (nSPS) is 12.2. The fourth-order valence-corrected chi connectivity index (χ4v) is 2.31. The van der Waals surface area contributed by atoms with E-state index in [0.29, 0.717) is 24.1 Å². The van der Waals surface area contributed by atoms with E-state index >= 15 is 0 Å². The summed E-state index contributed by atoms with van der Waals surface area (Å²) in [5, 5.41) is 12.3. The number of hydrogen-bond acceptors (Lipinski definition) is 3. The van der Waals surface area contributed by atoms with Crippen LogP contribution >= 0.6 is 0 Å². The van der Waals surface area contributed by atoms with Gasteiger partial charge in [0.25, 0.3) is 0 Å². The molecule has 0 radical (unpaired) electrons. The van der Waals surface area contributed by atoms with Gasteiger partial charge in [-0.05, 0) is 36.6 Å². The van der Waals surface area contributed by atoms with Crippen molar-refractivity contribution in [2.75, 3.05) is 11.1 Å². The maximum atomic E-state index is 8.76. The van der Waals surface area contributed by atoms with Crippen molar-refractivity contribution in [3.63, 3.8) is 0 Å². The van der Waals surface area contributed by atoms with Crippen molar-refractivity contribution in [2.45, 2.75) is 46.1 Å². The van der Waals surface area contributed by atoms with Crippen LogP contribution in [0.2, 0.25) is 0 Å². The zero-order chi connectivity index (χ0) is 13.5. The van der Waals surface area contributed by atoms with Crippen LogP contribution in [0.15, 0.2) is 18.2 Å². The van der Waals surface area contributed by atoms with Crippen molar-refractivity contribution >= 4 is 11.4 Å². The topological polar surface area (TPSA) is 61.8 Å². The fraction of sp³-hybridized carbons (Fsp3) is 0.533. The molecule has 98 valence electrons. The van der Waals surface area contributed by atoms with Gasteiger partial charge in [0.15, 0.2) is 0 Å². The van der Waals surface area contributed by atoms with Crippen LogP contribution in [0.25, 0.3) is 0 Å². The lowest BCUT2D eigenvalue weighted by Crippen LogP contribution is -2.25. The highest BCUT2D eigenvalue weighted by molar-refractivity contribution is 5.58. The quantitative estimate of drug-likeness (QED) is 0.753. The first-order chi connectivity index (χ1) is 8.62. The van der Waals surface area contributed by atoms with Crippen LogP contribution in [-0.2, 0) is 6.42 Å². The molecule has 0 saturated heterocycles. The number of hydrogen-bond donors (Lipinski definition) is 2. The molecule has 1 atom stereocenters. The Balaban J connectivity index is 2.79. The van der Waals surface area contributed by atoms with Crippen LogP contribution < -0.4 is 11.1 Å². The Hall–Kier alpha value is -1.69. The number of nitrogens with two attached hydrogens (primary N) is 1. The predicted octanol–water partition coefficient (Wildman–Crippen LogP) is 3.57. The molecule has 0 saturated carbocycles. The van der Waals surface area contributed by atoms with Gasteiger partial charge in [-0.3, -0.25) is 0 Å². The van der Waals surface area contributed by atoms with Crippen molar-refractivity contribution in [1.82, 2.24) is 0 Å². The molecule has 0 aromatic heterocycles. The first-order valence-corrected chi connectivity index (χ1v) is 6.64. The first kappa shape index (κ1) is 14.4. The standard InChI is InChI=1S/C15H23N3/c1-4-12(5-2)11(3)18-14-6-7-15(17)13(10-14)8-9-16/h6-7,10-12,18H,4-5,8,17H2,1-3H3. The molecule has 1 aromatic rings. The van der Waals surface area contributed by atoms with Gasteiger partial charge >= 0.3 is 0 Å². The molecule has 3 nitrogen and oxygen atoms in total. The lowest BCUT2D eigenvalue weighted by molar-refractivity contribution is 0.438. The number of rotatable bonds is 6. The Morgan fingerprint density at radius 3 is 2.56 bits per heavy atom. The Morgan fingerprint density at radius 1 is 1.33 bits per heavy atom. The molecule has 0 aliphatic carbocycles. The number of nitriles is 1. The Kier molecular flexibility index (Phi) is 5.51. The highest BCUT2D eigenvalue weighted by atomic mass is 14.9. The summed E-state index contributed by atoms with van der Waals surface area (Å²) in [6, 6.07) is 8.41. The van der Waals surface area contributed by atoms with Crippen molar-refractivity contribution in [3.8, 4) is 6.07 Å². The second-order valence-corrected chi connectivity index (χ2v) is 4.76. The first-order valence-electron chi connectivity index (χ1n) is 6.64. The summed E-state index contributed by atoms with van der Waals surface area (Å²) in [7, 11) is 0. The summed E-state index contributed by atoms with van der Waals surface area (Å²) in [6.45, 7) is 6.64. The van der Waals surface area contributed by atoms with Crippen LogP contribution in [0.3, 0.4) is 0 Å². The highest BCUT2D eigenvalue weighted by Gasteiger charge is 2.13. The predicted molar refractivity (Wildman–Crippen MR) is 77.3 cm³/mol. The monoisotopic (exact) mass is 245 g/mol. The third-order valence-electron chi connectivity index (χ3n) is 3.56. The molecule has 0 fully saturated rings. The molecule has 3 N–H and O–H groups in total. The summed E-state index contributed by atoms with van der Waals surface area (Å²) >= 11 is 0. The van der Waals surface area contributed by atoms with E-state index in [1.807, 2.05) is 18.2 Å². The minimum Gasteiger partial charge on any atom is -0.398 e. The summed E-state index contributed by atoms with van der Waals surface area (Å²) in [6.07, 6.45) is 2.70. The molecule has 1 rings (SSSR count). The van der Waals surface area contributed by atoms with Crippen molar-refractivity contribution < 1.29 is 0 Å². The van der Waals surface area contributed by atoms with E-state index in [2.05, 4.69) is 32.2 Å². The number of nitrogens with zero attached hydrogens (tertiary/aromatic N) is 1. The third kappa shape index (κ3) is 3.66. The minimum absolute atomic E-state index is 0.362. The number of anilines is 2. The van der Waals surface area contributed by atoms with E-state index in [4.69, 9.17) is 11.0 Å². The lowest BCUT2D eigenvalue weighted by atomic mass is 9.95. The van der Waals surface area contributed by atoms with Gasteiger partial charge in [0.1, 0.15) is 0 Å². The maximum Gasteiger partial charge on any atom is 0.0670 e. The van der Waals surface area contributed by atoms with E-state index < -0.39 is 0 Å². The van der Waals surface area contributed by atoms with Crippen molar-refractivity contribution in [2.24, 2.45) is 5.92 Å². The smallest absolute Gasteiger partial charge is 0.0670 e. The number of benzene rings is 1. The van der Waals surface area contributed by atoms with Crippen LogP contribution in [-0.4, -0.2) is 6.04 Å². The van der Waals surface area contributed by atoms with Crippen LogP contribution in [0.4, 0.5) is 11.4 Å². The summed E-state index contributed by atoms with van der Waals surface area (Å²) in [4.78, 5) is 0. The summed E-state index contributed by atoms with van der Waals surface area (Å²) in [5.74, 6) is 0.668. The molecule has 0 aliphatic rings. The molecule has 0 amide bonds.